The van der Waals surface area contributed by atoms with Gasteiger partial charge in [-0.3, -0.25) is 0 Å². The first-order valence-electron chi connectivity index (χ1n) is 9.34. The fourth-order valence-electron chi connectivity index (χ4n) is 3.14. The number of esters is 1. The van der Waals surface area contributed by atoms with Gasteiger partial charge in [-0.15, -0.1) is 0 Å². The molecule has 0 aliphatic carbocycles. The molecule has 0 aromatic heterocycles. The number of para-hydroxylation sites is 1. The van der Waals surface area contributed by atoms with Crippen LogP contribution in [0.4, 0.5) is 10.1 Å². The summed E-state index contributed by atoms with van der Waals surface area (Å²) in [6.07, 6.45) is 2.75. The predicted molar refractivity (Wildman–Crippen MR) is 115 cm³/mol. The molecule has 3 aromatic rings. The molecule has 0 atom stereocenters. The second kappa shape index (κ2) is 8.57. The molecule has 1 aliphatic rings. The van der Waals surface area contributed by atoms with Gasteiger partial charge in [-0.2, -0.15) is 0 Å². The molecule has 1 heterocycles. The van der Waals surface area contributed by atoms with E-state index in [4.69, 9.17) is 9.47 Å². The summed E-state index contributed by atoms with van der Waals surface area (Å²) in [6.45, 7) is 0. The number of fused-ring (bicyclic) bond motifs is 1. The molecule has 1 aliphatic heterocycles. The van der Waals surface area contributed by atoms with Crippen molar-refractivity contribution in [3.8, 4) is 0 Å². The van der Waals surface area contributed by atoms with E-state index >= 15 is 0 Å². The molecule has 0 unspecified atom stereocenters. The number of rotatable bonds is 4. The fourth-order valence-corrected chi connectivity index (χ4v) is 3.14. The monoisotopic (exact) mass is 399 g/mol. The van der Waals surface area contributed by atoms with Crippen molar-refractivity contribution in [3.05, 3.63) is 114 Å². The van der Waals surface area contributed by atoms with Crippen molar-refractivity contribution in [2.45, 2.75) is 0 Å². The van der Waals surface area contributed by atoms with E-state index < -0.39 is 11.8 Å². The van der Waals surface area contributed by atoms with Gasteiger partial charge in [-0.1, -0.05) is 48.5 Å². The van der Waals surface area contributed by atoms with E-state index in [9.17, 15) is 9.18 Å². The van der Waals surface area contributed by atoms with E-state index in [1.807, 2.05) is 54.6 Å². The number of carbonyl (C=O) groups excluding carboxylic acids is 1. The minimum absolute atomic E-state index is 0.303. The number of carbonyl (C=O) groups is 1. The lowest BCUT2D eigenvalue weighted by atomic mass is 9.98. The van der Waals surface area contributed by atoms with Gasteiger partial charge in [0.05, 0.1) is 12.8 Å². The summed E-state index contributed by atoms with van der Waals surface area (Å²) in [6, 6.07) is 23.2. The van der Waals surface area contributed by atoms with Crippen molar-refractivity contribution in [1.82, 2.24) is 0 Å². The number of halogens is 1. The van der Waals surface area contributed by atoms with Gasteiger partial charge in [0.15, 0.2) is 0 Å². The van der Waals surface area contributed by atoms with Crippen molar-refractivity contribution in [2.75, 3.05) is 7.11 Å². The Kier molecular flexibility index (Phi) is 5.52. The molecule has 0 N–H and O–H groups in total. The summed E-state index contributed by atoms with van der Waals surface area (Å²) < 4.78 is 25.6. The quantitative estimate of drug-likeness (QED) is 0.428. The van der Waals surface area contributed by atoms with Crippen LogP contribution >= 0.6 is 0 Å². The highest BCUT2D eigenvalue weighted by Gasteiger charge is 2.24. The van der Waals surface area contributed by atoms with Crippen molar-refractivity contribution < 1.29 is 18.7 Å². The SMILES string of the molecule is COC(=O)/C=C/C(=C1/OC(c2ccccc2)=Nc2ccccc21)c1ccccc1F. The summed E-state index contributed by atoms with van der Waals surface area (Å²) in [5.41, 5.74) is 2.89. The summed E-state index contributed by atoms with van der Waals surface area (Å²) >= 11 is 0. The fraction of sp³-hybridized carbons (Fsp3) is 0.0400. The van der Waals surface area contributed by atoms with E-state index in [1.54, 1.807) is 18.2 Å². The Bertz CT molecular complexity index is 1180. The first-order valence-corrected chi connectivity index (χ1v) is 9.34. The first kappa shape index (κ1) is 19.3. The number of methoxy groups -OCH3 is 1. The number of ether oxygens (including phenoxy) is 2. The summed E-state index contributed by atoms with van der Waals surface area (Å²) in [5.74, 6) is -0.181. The van der Waals surface area contributed by atoms with Crippen molar-refractivity contribution in [3.63, 3.8) is 0 Å². The van der Waals surface area contributed by atoms with Crippen LogP contribution < -0.4 is 0 Å². The highest BCUT2D eigenvalue weighted by atomic mass is 19.1. The topological polar surface area (TPSA) is 47.9 Å². The van der Waals surface area contributed by atoms with E-state index in [2.05, 4.69) is 4.99 Å². The molecule has 0 spiro atoms. The molecular formula is C25H18FNO3. The van der Waals surface area contributed by atoms with Crippen LogP contribution in [0.1, 0.15) is 16.7 Å². The standard InChI is InChI=1S/C25H18FNO3/c1-29-23(28)16-15-19(18-11-5-7-13-21(18)26)24-20-12-6-8-14-22(20)27-25(30-24)17-9-3-2-4-10-17/h2-16H,1H3/b16-15+,24-19-. The minimum atomic E-state index is -0.550. The highest BCUT2D eigenvalue weighted by Crippen LogP contribution is 2.39. The van der Waals surface area contributed by atoms with Crippen LogP contribution in [0.3, 0.4) is 0 Å². The first-order chi connectivity index (χ1) is 14.7. The van der Waals surface area contributed by atoms with Gasteiger partial charge in [0.1, 0.15) is 11.6 Å². The zero-order valence-electron chi connectivity index (χ0n) is 16.2. The third-order valence-corrected chi connectivity index (χ3v) is 4.59. The maximum absolute atomic E-state index is 14.7. The molecule has 0 saturated carbocycles. The maximum atomic E-state index is 14.7. The van der Waals surface area contributed by atoms with Crippen LogP contribution in [0.2, 0.25) is 0 Å². The molecule has 148 valence electrons. The summed E-state index contributed by atoms with van der Waals surface area (Å²) in [7, 11) is 1.29. The molecule has 0 radical (unpaired) electrons. The summed E-state index contributed by atoms with van der Waals surface area (Å²) in [5, 5.41) is 0. The second-order valence-electron chi connectivity index (χ2n) is 6.48. The van der Waals surface area contributed by atoms with Gasteiger partial charge in [0.2, 0.25) is 5.90 Å². The van der Waals surface area contributed by atoms with Crippen LogP contribution in [0, 0.1) is 5.82 Å². The number of benzene rings is 3. The average Bonchev–Trinajstić information content (AvgIpc) is 2.80. The van der Waals surface area contributed by atoms with Crippen LogP contribution in [-0.2, 0) is 14.3 Å². The van der Waals surface area contributed by atoms with Gasteiger partial charge < -0.3 is 9.47 Å². The molecule has 0 saturated heterocycles. The largest absolute Gasteiger partial charge is 0.466 e. The number of nitrogens with zero attached hydrogens (tertiary/aromatic N) is 1. The molecule has 5 heteroatoms. The lowest BCUT2D eigenvalue weighted by Gasteiger charge is -2.22. The second-order valence-corrected chi connectivity index (χ2v) is 6.48. The van der Waals surface area contributed by atoms with E-state index in [-0.39, 0.29) is 0 Å². The third-order valence-electron chi connectivity index (χ3n) is 4.59. The van der Waals surface area contributed by atoms with E-state index in [0.717, 1.165) is 5.56 Å². The van der Waals surface area contributed by atoms with E-state index in [1.165, 1.54) is 25.3 Å². The maximum Gasteiger partial charge on any atom is 0.330 e. The van der Waals surface area contributed by atoms with Gasteiger partial charge in [-0.05, 0) is 36.4 Å². The molecule has 4 rings (SSSR count). The normalized spacial score (nSPS) is 14.5. The molecule has 4 nitrogen and oxygen atoms in total. The molecular weight excluding hydrogens is 381 g/mol. The number of allylic oxidation sites excluding steroid dienone is 2. The van der Waals surface area contributed by atoms with E-state index in [0.29, 0.717) is 34.0 Å². The Morgan fingerprint density at radius 3 is 2.40 bits per heavy atom. The zero-order valence-corrected chi connectivity index (χ0v) is 16.2. The smallest absolute Gasteiger partial charge is 0.330 e. The Morgan fingerprint density at radius 2 is 1.63 bits per heavy atom. The molecule has 0 bridgehead atoms. The number of hydrogen-bond donors (Lipinski definition) is 0. The lowest BCUT2D eigenvalue weighted by Crippen LogP contribution is -2.12. The van der Waals surface area contributed by atoms with Gasteiger partial charge in [0, 0.05) is 28.3 Å². The Balaban J connectivity index is 1.96. The lowest BCUT2D eigenvalue weighted by molar-refractivity contribution is -0.134. The molecule has 30 heavy (non-hydrogen) atoms. The Hall–Kier alpha value is -3.99. The molecule has 3 aromatic carbocycles. The van der Waals surface area contributed by atoms with Crippen LogP contribution in [0.15, 0.2) is 96.0 Å². The Morgan fingerprint density at radius 1 is 0.933 bits per heavy atom. The summed E-state index contributed by atoms with van der Waals surface area (Å²) in [4.78, 5) is 16.4. The average molecular weight is 399 g/mol. The van der Waals surface area contributed by atoms with Crippen molar-refractivity contribution in [1.29, 1.82) is 0 Å². The predicted octanol–water partition coefficient (Wildman–Crippen LogP) is 5.53. The van der Waals surface area contributed by atoms with Gasteiger partial charge in [-0.25, -0.2) is 14.2 Å². The van der Waals surface area contributed by atoms with Gasteiger partial charge in [0.25, 0.3) is 0 Å². The van der Waals surface area contributed by atoms with Crippen LogP contribution in [0.25, 0.3) is 11.3 Å². The van der Waals surface area contributed by atoms with Crippen LogP contribution in [0.5, 0.6) is 0 Å². The molecule has 0 fully saturated rings. The van der Waals surface area contributed by atoms with Crippen LogP contribution in [-0.4, -0.2) is 19.0 Å². The zero-order chi connectivity index (χ0) is 20.9. The minimum Gasteiger partial charge on any atom is -0.466 e. The van der Waals surface area contributed by atoms with Crippen molar-refractivity contribution >= 4 is 28.9 Å². The van der Waals surface area contributed by atoms with Crippen molar-refractivity contribution in [2.24, 2.45) is 4.99 Å². The Labute approximate surface area is 173 Å². The highest BCUT2D eigenvalue weighted by molar-refractivity contribution is 6.07. The third kappa shape index (κ3) is 3.91. The number of hydrogen-bond acceptors (Lipinski definition) is 4. The van der Waals surface area contributed by atoms with Gasteiger partial charge >= 0.3 is 5.97 Å². The number of aliphatic imine (C=N–C) groups is 1. The molecule has 0 amide bonds.